The summed E-state index contributed by atoms with van der Waals surface area (Å²) in [6, 6.07) is 0. The van der Waals surface area contributed by atoms with Gasteiger partial charge in [-0.3, -0.25) is 9.59 Å². The second-order valence-electron chi connectivity index (χ2n) is 2.48. The molecule has 0 spiro atoms. The van der Waals surface area contributed by atoms with Crippen LogP contribution in [0.25, 0.3) is 0 Å². The van der Waals surface area contributed by atoms with Crippen LogP contribution in [0.5, 0.6) is 0 Å². The minimum atomic E-state index is -0.645. The first-order chi connectivity index (χ1) is 6.93. The Morgan fingerprint density at radius 1 is 1.27 bits per heavy atom. The summed E-state index contributed by atoms with van der Waals surface area (Å²) in [5, 5.41) is 2.48. The van der Waals surface area contributed by atoms with Crippen LogP contribution in [0, 0.1) is 0 Å². The molecule has 0 aliphatic heterocycles. The average Bonchev–Trinajstić information content (AvgIpc) is 2.42. The standard InChI is InChI=1S/C7H5Cl3N2O2S/c8-3-4(9)6(10)15-5(3)7(14)12-1-2(11)13/h1H2,(H2,11,13)(H,12,14). The highest BCUT2D eigenvalue weighted by Crippen LogP contribution is 2.40. The zero-order chi connectivity index (χ0) is 11.6. The van der Waals surface area contributed by atoms with Gasteiger partial charge in [0.15, 0.2) is 0 Å². The van der Waals surface area contributed by atoms with Crippen LogP contribution in [-0.4, -0.2) is 18.4 Å². The van der Waals surface area contributed by atoms with Crippen molar-refractivity contribution in [1.29, 1.82) is 0 Å². The van der Waals surface area contributed by atoms with Crippen LogP contribution in [0.1, 0.15) is 9.67 Å². The third-order valence-electron chi connectivity index (χ3n) is 1.39. The van der Waals surface area contributed by atoms with Crippen LogP contribution in [0.2, 0.25) is 14.4 Å². The van der Waals surface area contributed by atoms with E-state index >= 15 is 0 Å². The van der Waals surface area contributed by atoms with Crippen molar-refractivity contribution in [2.75, 3.05) is 6.54 Å². The molecular formula is C7H5Cl3N2O2S. The number of carbonyl (C=O) groups is 2. The van der Waals surface area contributed by atoms with E-state index in [4.69, 9.17) is 40.5 Å². The summed E-state index contributed by atoms with van der Waals surface area (Å²) in [5.74, 6) is -1.18. The van der Waals surface area contributed by atoms with E-state index in [1.54, 1.807) is 0 Å². The Kier molecular flexibility index (Phi) is 4.21. The zero-order valence-electron chi connectivity index (χ0n) is 7.14. The third kappa shape index (κ3) is 2.98. The Morgan fingerprint density at radius 2 is 1.87 bits per heavy atom. The van der Waals surface area contributed by atoms with Gasteiger partial charge >= 0.3 is 0 Å². The van der Waals surface area contributed by atoms with Gasteiger partial charge in [-0.05, 0) is 0 Å². The SMILES string of the molecule is NC(=O)CNC(=O)c1sc(Cl)c(Cl)c1Cl. The fraction of sp³-hybridized carbons (Fsp3) is 0.143. The number of thiophene rings is 1. The summed E-state index contributed by atoms with van der Waals surface area (Å²) >= 11 is 18.0. The fourth-order valence-corrected chi connectivity index (χ4v) is 2.48. The lowest BCUT2D eigenvalue weighted by Crippen LogP contribution is -2.32. The first kappa shape index (κ1) is 12.6. The largest absolute Gasteiger partial charge is 0.368 e. The predicted octanol–water partition coefficient (Wildman–Crippen LogP) is 1.92. The van der Waals surface area contributed by atoms with Gasteiger partial charge < -0.3 is 11.1 Å². The van der Waals surface area contributed by atoms with Crippen molar-refractivity contribution in [1.82, 2.24) is 5.32 Å². The van der Waals surface area contributed by atoms with Crippen molar-refractivity contribution in [3.63, 3.8) is 0 Å². The van der Waals surface area contributed by atoms with Gasteiger partial charge in [-0.25, -0.2) is 0 Å². The molecular weight excluding hydrogens is 283 g/mol. The molecule has 3 N–H and O–H groups in total. The van der Waals surface area contributed by atoms with Crippen LogP contribution in [0.4, 0.5) is 0 Å². The number of hydrogen-bond donors (Lipinski definition) is 2. The normalized spacial score (nSPS) is 10.1. The maximum absolute atomic E-state index is 11.4. The maximum atomic E-state index is 11.4. The number of nitrogens with one attached hydrogen (secondary N) is 1. The highest BCUT2D eigenvalue weighted by Gasteiger charge is 2.19. The molecule has 0 atom stereocenters. The minimum absolute atomic E-state index is 0.0774. The molecule has 8 heteroatoms. The summed E-state index contributed by atoms with van der Waals surface area (Å²) < 4.78 is 0.228. The van der Waals surface area contributed by atoms with Crippen molar-refractivity contribution >= 4 is 58.0 Å². The van der Waals surface area contributed by atoms with Gasteiger partial charge in [0.25, 0.3) is 5.91 Å². The van der Waals surface area contributed by atoms with Crippen molar-refractivity contribution in [3.05, 3.63) is 19.3 Å². The number of nitrogens with two attached hydrogens (primary N) is 1. The van der Waals surface area contributed by atoms with Crippen molar-refractivity contribution in [2.45, 2.75) is 0 Å². The van der Waals surface area contributed by atoms with Gasteiger partial charge in [0.05, 0.1) is 16.6 Å². The molecule has 2 amide bonds. The molecule has 15 heavy (non-hydrogen) atoms. The van der Waals surface area contributed by atoms with Gasteiger partial charge in [-0.2, -0.15) is 0 Å². The molecule has 0 saturated heterocycles. The van der Waals surface area contributed by atoms with E-state index in [0.717, 1.165) is 11.3 Å². The van der Waals surface area contributed by atoms with Gasteiger partial charge in [0.2, 0.25) is 5.91 Å². The van der Waals surface area contributed by atoms with Crippen LogP contribution in [0.15, 0.2) is 0 Å². The lowest BCUT2D eigenvalue weighted by molar-refractivity contribution is -0.117. The lowest BCUT2D eigenvalue weighted by Gasteiger charge is -1.99. The van der Waals surface area contributed by atoms with Crippen LogP contribution in [0.3, 0.4) is 0 Å². The third-order valence-corrected chi connectivity index (χ3v) is 3.96. The van der Waals surface area contributed by atoms with Crippen LogP contribution >= 0.6 is 46.1 Å². The Balaban J connectivity index is 2.83. The number of primary amides is 1. The highest BCUT2D eigenvalue weighted by atomic mass is 35.5. The van der Waals surface area contributed by atoms with E-state index < -0.39 is 11.8 Å². The number of carbonyl (C=O) groups excluding carboxylic acids is 2. The van der Waals surface area contributed by atoms with Crippen LogP contribution < -0.4 is 11.1 Å². The Hall–Kier alpha value is -0.490. The van der Waals surface area contributed by atoms with Gasteiger partial charge in [-0.15, -0.1) is 11.3 Å². The number of amides is 2. The van der Waals surface area contributed by atoms with E-state index in [2.05, 4.69) is 5.32 Å². The van der Waals surface area contributed by atoms with Crippen molar-refractivity contribution in [3.8, 4) is 0 Å². The molecule has 0 fully saturated rings. The molecule has 0 aromatic carbocycles. The summed E-state index contributed by atoms with van der Waals surface area (Å²) in [7, 11) is 0. The summed E-state index contributed by atoms with van der Waals surface area (Å²) in [4.78, 5) is 22.0. The van der Waals surface area contributed by atoms with E-state index in [1.165, 1.54) is 0 Å². The molecule has 1 aromatic heterocycles. The first-order valence-corrected chi connectivity index (χ1v) is 5.58. The average molecular weight is 288 g/mol. The number of hydrogen-bond acceptors (Lipinski definition) is 3. The second-order valence-corrected chi connectivity index (χ2v) is 4.86. The summed E-state index contributed by atoms with van der Waals surface area (Å²) in [5.41, 5.74) is 4.86. The van der Waals surface area contributed by atoms with Gasteiger partial charge in [-0.1, -0.05) is 34.8 Å². The van der Waals surface area contributed by atoms with E-state index in [9.17, 15) is 9.59 Å². The molecule has 1 rings (SSSR count). The van der Waals surface area contributed by atoms with Gasteiger partial charge in [0, 0.05) is 0 Å². The summed E-state index contributed by atoms with van der Waals surface area (Å²) in [6.07, 6.45) is 0. The second kappa shape index (κ2) is 5.03. The maximum Gasteiger partial charge on any atom is 0.263 e. The zero-order valence-corrected chi connectivity index (χ0v) is 10.2. The molecule has 0 aliphatic carbocycles. The molecule has 1 aromatic rings. The predicted molar refractivity (Wildman–Crippen MR) is 60.9 cm³/mol. The monoisotopic (exact) mass is 286 g/mol. The van der Waals surface area contributed by atoms with E-state index in [-0.39, 0.29) is 25.8 Å². The molecule has 0 aliphatic rings. The Bertz CT molecular complexity index is 419. The van der Waals surface area contributed by atoms with Crippen LogP contribution in [-0.2, 0) is 4.79 Å². The van der Waals surface area contributed by atoms with Crippen molar-refractivity contribution < 1.29 is 9.59 Å². The number of halogens is 3. The molecule has 82 valence electrons. The summed E-state index contributed by atoms with van der Waals surface area (Å²) in [6.45, 7) is -0.262. The minimum Gasteiger partial charge on any atom is -0.368 e. The molecule has 1 heterocycles. The van der Waals surface area contributed by atoms with E-state index in [1.807, 2.05) is 0 Å². The van der Waals surface area contributed by atoms with E-state index in [0.29, 0.717) is 0 Å². The highest BCUT2D eigenvalue weighted by molar-refractivity contribution is 7.19. The topological polar surface area (TPSA) is 72.2 Å². The fourth-order valence-electron chi connectivity index (χ4n) is 0.759. The Morgan fingerprint density at radius 3 is 2.27 bits per heavy atom. The number of rotatable bonds is 3. The smallest absolute Gasteiger partial charge is 0.263 e. The van der Waals surface area contributed by atoms with Crippen molar-refractivity contribution in [2.24, 2.45) is 5.73 Å². The molecule has 0 unspecified atom stereocenters. The lowest BCUT2D eigenvalue weighted by atomic mass is 10.4. The molecule has 0 saturated carbocycles. The quantitative estimate of drug-likeness (QED) is 0.891. The van der Waals surface area contributed by atoms with Gasteiger partial charge in [0.1, 0.15) is 9.21 Å². The first-order valence-electron chi connectivity index (χ1n) is 3.63. The molecule has 0 radical (unpaired) electrons. The molecule has 0 bridgehead atoms. The Labute approximate surface area is 104 Å². The molecule has 4 nitrogen and oxygen atoms in total.